The Morgan fingerprint density at radius 2 is 2.23 bits per heavy atom. The minimum atomic E-state index is 0.275. The molecular weight excluding hydrogens is 162 g/mol. The first-order valence-electron chi connectivity index (χ1n) is 5.30. The van der Waals surface area contributed by atoms with E-state index in [0.29, 0.717) is 0 Å². The Balaban J connectivity index is 2.18. The van der Waals surface area contributed by atoms with Gasteiger partial charge < -0.3 is 10.0 Å². The highest BCUT2D eigenvalue weighted by Gasteiger charge is 2.16. The van der Waals surface area contributed by atoms with Gasteiger partial charge in [0, 0.05) is 12.6 Å². The van der Waals surface area contributed by atoms with Crippen molar-refractivity contribution in [1.82, 2.24) is 4.90 Å². The highest BCUT2D eigenvalue weighted by Crippen LogP contribution is 2.17. The summed E-state index contributed by atoms with van der Waals surface area (Å²) in [7, 11) is 2.21. The van der Waals surface area contributed by atoms with Gasteiger partial charge in [0.25, 0.3) is 0 Å². The smallest absolute Gasteiger partial charge is 0.0465 e. The lowest BCUT2D eigenvalue weighted by Gasteiger charge is -2.31. The molecule has 1 saturated heterocycles. The second-order valence-corrected chi connectivity index (χ2v) is 3.85. The minimum absolute atomic E-state index is 0.275. The molecular formula is C11H21NO. The van der Waals surface area contributed by atoms with E-state index >= 15 is 0 Å². The molecule has 0 spiro atoms. The monoisotopic (exact) mass is 183 g/mol. The molecule has 2 heteroatoms. The summed E-state index contributed by atoms with van der Waals surface area (Å²) in [5.74, 6) is 0. The summed E-state index contributed by atoms with van der Waals surface area (Å²) in [5, 5.41) is 8.59. The van der Waals surface area contributed by atoms with Crippen molar-refractivity contribution >= 4 is 0 Å². The average molecular weight is 183 g/mol. The van der Waals surface area contributed by atoms with Crippen molar-refractivity contribution in [3.63, 3.8) is 0 Å². The molecule has 0 aromatic carbocycles. The van der Waals surface area contributed by atoms with Gasteiger partial charge in [-0.1, -0.05) is 18.6 Å². The lowest BCUT2D eigenvalue weighted by molar-refractivity contribution is 0.187. The van der Waals surface area contributed by atoms with Crippen LogP contribution in [0.25, 0.3) is 0 Å². The predicted molar refractivity (Wildman–Crippen MR) is 55.7 cm³/mol. The van der Waals surface area contributed by atoms with Crippen LogP contribution in [0.4, 0.5) is 0 Å². The number of hydrogen-bond acceptors (Lipinski definition) is 2. The van der Waals surface area contributed by atoms with E-state index in [0.717, 1.165) is 18.9 Å². The highest BCUT2D eigenvalue weighted by molar-refractivity contribution is 4.88. The summed E-state index contributed by atoms with van der Waals surface area (Å²) < 4.78 is 0. The SMILES string of the molecule is CN1CCCCC1C/C=C\CCO. The van der Waals surface area contributed by atoms with Crippen LogP contribution in [0.2, 0.25) is 0 Å². The largest absolute Gasteiger partial charge is 0.396 e. The van der Waals surface area contributed by atoms with Crippen molar-refractivity contribution < 1.29 is 5.11 Å². The van der Waals surface area contributed by atoms with Gasteiger partial charge in [0.05, 0.1) is 0 Å². The van der Waals surface area contributed by atoms with E-state index in [-0.39, 0.29) is 6.61 Å². The Kier molecular flexibility index (Phi) is 5.09. The Hall–Kier alpha value is -0.340. The van der Waals surface area contributed by atoms with Crippen molar-refractivity contribution in [3.8, 4) is 0 Å². The molecule has 1 rings (SSSR count). The molecule has 0 aromatic rings. The topological polar surface area (TPSA) is 23.5 Å². The third-order valence-corrected chi connectivity index (χ3v) is 2.79. The predicted octanol–water partition coefficient (Wildman–Crippen LogP) is 1.80. The number of likely N-dealkylation sites (tertiary alicyclic amines) is 1. The van der Waals surface area contributed by atoms with Crippen LogP contribution in [0.3, 0.4) is 0 Å². The van der Waals surface area contributed by atoms with Gasteiger partial charge in [0.2, 0.25) is 0 Å². The van der Waals surface area contributed by atoms with Gasteiger partial charge in [0.1, 0.15) is 0 Å². The number of rotatable bonds is 4. The zero-order chi connectivity index (χ0) is 9.52. The third-order valence-electron chi connectivity index (χ3n) is 2.79. The van der Waals surface area contributed by atoms with E-state index < -0.39 is 0 Å². The summed E-state index contributed by atoms with van der Waals surface area (Å²) in [6.45, 7) is 1.52. The van der Waals surface area contributed by atoms with Crippen LogP contribution in [0.1, 0.15) is 32.1 Å². The Labute approximate surface area is 81.2 Å². The molecule has 0 bridgehead atoms. The second-order valence-electron chi connectivity index (χ2n) is 3.85. The highest BCUT2D eigenvalue weighted by atomic mass is 16.2. The first-order chi connectivity index (χ1) is 6.34. The second kappa shape index (κ2) is 6.17. The van der Waals surface area contributed by atoms with Gasteiger partial charge in [-0.05, 0) is 39.3 Å². The maximum Gasteiger partial charge on any atom is 0.0465 e. The van der Waals surface area contributed by atoms with Gasteiger partial charge in [-0.25, -0.2) is 0 Å². The lowest BCUT2D eigenvalue weighted by atomic mass is 10.00. The first-order valence-corrected chi connectivity index (χ1v) is 5.30. The average Bonchev–Trinajstić information content (AvgIpc) is 2.15. The van der Waals surface area contributed by atoms with Gasteiger partial charge in [-0.2, -0.15) is 0 Å². The molecule has 2 nitrogen and oxygen atoms in total. The molecule has 1 unspecified atom stereocenters. The van der Waals surface area contributed by atoms with Crippen molar-refractivity contribution in [1.29, 1.82) is 0 Å². The van der Waals surface area contributed by atoms with Crippen molar-refractivity contribution in [2.45, 2.75) is 38.1 Å². The first kappa shape index (κ1) is 10.7. The Morgan fingerprint density at radius 1 is 1.38 bits per heavy atom. The van der Waals surface area contributed by atoms with E-state index in [1.165, 1.54) is 25.8 Å². The fourth-order valence-corrected chi connectivity index (χ4v) is 1.89. The van der Waals surface area contributed by atoms with E-state index in [9.17, 15) is 0 Å². The van der Waals surface area contributed by atoms with Crippen LogP contribution in [-0.2, 0) is 0 Å². The molecule has 13 heavy (non-hydrogen) atoms. The van der Waals surface area contributed by atoms with Gasteiger partial charge in [-0.15, -0.1) is 0 Å². The number of hydrogen-bond donors (Lipinski definition) is 1. The van der Waals surface area contributed by atoms with Crippen LogP contribution >= 0.6 is 0 Å². The summed E-state index contributed by atoms with van der Waals surface area (Å²) in [6.07, 6.45) is 10.3. The third kappa shape index (κ3) is 3.92. The maximum atomic E-state index is 8.59. The lowest BCUT2D eigenvalue weighted by Crippen LogP contribution is -2.35. The number of nitrogens with zero attached hydrogens (tertiary/aromatic N) is 1. The van der Waals surface area contributed by atoms with Crippen LogP contribution in [0, 0.1) is 0 Å². The molecule has 0 saturated carbocycles. The molecule has 1 heterocycles. The van der Waals surface area contributed by atoms with Gasteiger partial charge in [-0.3, -0.25) is 0 Å². The quantitative estimate of drug-likeness (QED) is 0.672. The Morgan fingerprint density at radius 3 is 2.92 bits per heavy atom. The zero-order valence-electron chi connectivity index (χ0n) is 8.58. The number of aliphatic hydroxyl groups is 1. The number of piperidine rings is 1. The summed E-state index contributed by atoms with van der Waals surface area (Å²) >= 11 is 0. The summed E-state index contributed by atoms with van der Waals surface area (Å²) in [5.41, 5.74) is 0. The summed E-state index contributed by atoms with van der Waals surface area (Å²) in [6, 6.07) is 0.740. The molecule has 0 aromatic heterocycles. The Bertz CT molecular complexity index is 156. The molecule has 76 valence electrons. The van der Waals surface area contributed by atoms with Crippen molar-refractivity contribution in [2.75, 3.05) is 20.2 Å². The standard InChI is InChI=1S/C11H21NO/c1-12-9-5-4-8-11(12)7-3-2-6-10-13/h2-3,11,13H,4-10H2,1H3/b3-2-. The molecule has 0 aliphatic carbocycles. The van der Waals surface area contributed by atoms with Gasteiger partial charge in [0.15, 0.2) is 0 Å². The molecule has 1 aliphatic rings. The van der Waals surface area contributed by atoms with Crippen molar-refractivity contribution in [3.05, 3.63) is 12.2 Å². The zero-order valence-corrected chi connectivity index (χ0v) is 8.58. The van der Waals surface area contributed by atoms with E-state index in [1.807, 2.05) is 0 Å². The fourth-order valence-electron chi connectivity index (χ4n) is 1.89. The fraction of sp³-hybridized carbons (Fsp3) is 0.818. The van der Waals surface area contributed by atoms with E-state index in [1.54, 1.807) is 0 Å². The van der Waals surface area contributed by atoms with Crippen LogP contribution in [-0.4, -0.2) is 36.2 Å². The van der Waals surface area contributed by atoms with E-state index in [2.05, 4.69) is 24.1 Å². The maximum absolute atomic E-state index is 8.59. The van der Waals surface area contributed by atoms with Crippen LogP contribution < -0.4 is 0 Å². The summed E-state index contributed by atoms with van der Waals surface area (Å²) in [4.78, 5) is 2.45. The minimum Gasteiger partial charge on any atom is -0.396 e. The van der Waals surface area contributed by atoms with Crippen LogP contribution in [0.15, 0.2) is 12.2 Å². The molecule has 1 aliphatic heterocycles. The van der Waals surface area contributed by atoms with Gasteiger partial charge >= 0.3 is 0 Å². The van der Waals surface area contributed by atoms with Crippen LogP contribution in [0.5, 0.6) is 0 Å². The number of aliphatic hydroxyl groups excluding tert-OH is 1. The molecule has 0 amide bonds. The molecule has 0 radical (unpaired) electrons. The van der Waals surface area contributed by atoms with Crippen molar-refractivity contribution in [2.24, 2.45) is 0 Å². The van der Waals surface area contributed by atoms with E-state index in [4.69, 9.17) is 5.11 Å². The normalized spacial score (nSPS) is 25.5. The molecule has 1 fully saturated rings. The molecule has 1 atom stereocenters. The molecule has 1 N–H and O–H groups in total.